The van der Waals surface area contributed by atoms with Gasteiger partial charge in [0.2, 0.25) is 11.8 Å². The fourth-order valence-corrected chi connectivity index (χ4v) is 3.30. The van der Waals surface area contributed by atoms with E-state index < -0.39 is 11.7 Å². The van der Waals surface area contributed by atoms with Gasteiger partial charge in [0.05, 0.1) is 0 Å². The zero-order chi connectivity index (χ0) is 23.8. The third kappa shape index (κ3) is 5.24. The molecule has 2 N–H and O–H groups in total. The maximum Gasteiger partial charge on any atom is 0.292 e. The summed E-state index contributed by atoms with van der Waals surface area (Å²) in [5.41, 5.74) is 2.20. The Kier molecular flexibility index (Phi) is 5.97. The van der Waals surface area contributed by atoms with Crippen molar-refractivity contribution in [2.45, 2.75) is 52.5 Å². The van der Waals surface area contributed by atoms with Gasteiger partial charge in [0.25, 0.3) is 11.7 Å². The lowest BCUT2D eigenvalue weighted by molar-refractivity contribution is -0.117. The summed E-state index contributed by atoms with van der Waals surface area (Å²) in [6.07, 6.45) is 3.39. The number of anilines is 1. The number of rotatable bonds is 6. The minimum atomic E-state index is -0.541. The molecular weight excluding hydrogens is 425 g/mol. The molecule has 0 bridgehead atoms. The summed E-state index contributed by atoms with van der Waals surface area (Å²) >= 11 is 0. The van der Waals surface area contributed by atoms with Gasteiger partial charge in [0, 0.05) is 29.6 Å². The lowest BCUT2D eigenvalue weighted by Gasteiger charge is -2.12. The Balaban J connectivity index is 1.46. The van der Waals surface area contributed by atoms with Crippen LogP contribution in [0.25, 0.3) is 11.1 Å². The van der Waals surface area contributed by atoms with Gasteiger partial charge in [-0.15, -0.1) is 0 Å². The third-order valence-corrected chi connectivity index (χ3v) is 5.37. The standard InChI is InChI=1S/C24H26FN5O3/c1-13-9-16(12-27-22(32)20-29-23(33-30-20)24(2,3)4)18(25)11-17(13)15-7-8-26-19(10-15)28-21(31)14-5-6-14/h7-11,14H,5-6,12H2,1-4H3,(H,27,32)(H,26,28,31). The lowest BCUT2D eigenvalue weighted by Crippen LogP contribution is -2.25. The summed E-state index contributed by atoms with van der Waals surface area (Å²) in [5, 5.41) is 9.15. The molecule has 1 aromatic carbocycles. The predicted octanol–water partition coefficient (Wildman–Crippen LogP) is 4.16. The Labute approximate surface area is 191 Å². The van der Waals surface area contributed by atoms with Crippen molar-refractivity contribution >= 4 is 17.6 Å². The third-order valence-electron chi connectivity index (χ3n) is 5.37. The van der Waals surface area contributed by atoms with Gasteiger partial charge in [-0.05, 0) is 54.7 Å². The molecule has 2 aromatic heterocycles. The Morgan fingerprint density at radius 3 is 2.64 bits per heavy atom. The number of hydrogen-bond donors (Lipinski definition) is 2. The molecule has 172 valence electrons. The van der Waals surface area contributed by atoms with Crippen LogP contribution in [0, 0.1) is 18.7 Å². The first-order chi connectivity index (χ1) is 15.6. The van der Waals surface area contributed by atoms with Gasteiger partial charge in [-0.25, -0.2) is 9.37 Å². The van der Waals surface area contributed by atoms with E-state index in [-0.39, 0.29) is 29.6 Å². The summed E-state index contributed by atoms with van der Waals surface area (Å²) in [6.45, 7) is 7.53. The van der Waals surface area contributed by atoms with Gasteiger partial charge >= 0.3 is 0 Å². The van der Waals surface area contributed by atoms with Crippen molar-refractivity contribution in [2.75, 3.05) is 5.32 Å². The number of hydrogen-bond acceptors (Lipinski definition) is 6. The van der Waals surface area contributed by atoms with Crippen LogP contribution in [-0.4, -0.2) is 26.9 Å². The summed E-state index contributed by atoms with van der Waals surface area (Å²) < 4.78 is 20.0. The van der Waals surface area contributed by atoms with Crippen molar-refractivity contribution < 1.29 is 18.5 Å². The highest BCUT2D eigenvalue weighted by Gasteiger charge is 2.30. The molecule has 2 heterocycles. The zero-order valence-electron chi connectivity index (χ0n) is 19.0. The molecule has 1 aliphatic rings. The largest absolute Gasteiger partial charge is 0.345 e. The second-order valence-corrected chi connectivity index (χ2v) is 9.31. The van der Waals surface area contributed by atoms with E-state index in [1.165, 1.54) is 6.07 Å². The summed E-state index contributed by atoms with van der Waals surface area (Å²) in [6, 6.07) is 6.60. The fraction of sp³-hybridized carbons (Fsp3) is 0.375. The normalized spacial score (nSPS) is 13.6. The van der Waals surface area contributed by atoms with Gasteiger partial charge in [0.1, 0.15) is 11.6 Å². The van der Waals surface area contributed by atoms with Crippen LogP contribution >= 0.6 is 0 Å². The minimum Gasteiger partial charge on any atom is -0.345 e. The van der Waals surface area contributed by atoms with Crippen molar-refractivity contribution in [3.8, 4) is 11.1 Å². The highest BCUT2D eigenvalue weighted by Crippen LogP contribution is 2.31. The average molecular weight is 452 g/mol. The minimum absolute atomic E-state index is 0.0236. The molecule has 3 aromatic rings. The van der Waals surface area contributed by atoms with Crippen LogP contribution in [0.1, 0.15) is 61.2 Å². The van der Waals surface area contributed by atoms with E-state index >= 15 is 0 Å². The molecule has 0 spiro atoms. The second-order valence-electron chi connectivity index (χ2n) is 9.31. The lowest BCUT2D eigenvalue weighted by atomic mass is 9.97. The molecule has 4 rings (SSSR count). The topological polar surface area (TPSA) is 110 Å². The van der Waals surface area contributed by atoms with Crippen molar-refractivity contribution in [1.29, 1.82) is 0 Å². The molecule has 0 atom stereocenters. The molecule has 2 amide bonds. The smallest absolute Gasteiger partial charge is 0.292 e. The summed E-state index contributed by atoms with van der Waals surface area (Å²) in [7, 11) is 0. The SMILES string of the molecule is Cc1cc(CNC(=O)c2noc(C(C)(C)C)n2)c(F)cc1-c1ccnc(NC(=O)C2CC2)c1. The Hall–Kier alpha value is -3.62. The zero-order valence-corrected chi connectivity index (χ0v) is 19.0. The number of pyridine rings is 1. The van der Waals surface area contributed by atoms with Gasteiger partial charge in [-0.3, -0.25) is 9.59 Å². The van der Waals surface area contributed by atoms with E-state index in [1.54, 1.807) is 24.4 Å². The van der Waals surface area contributed by atoms with E-state index in [1.807, 2.05) is 27.7 Å². The molecule has 0 saturated heterocycles. The second kappa shape index (κ2) is 8.73. The molecule has 0 unspecified atom stereocenters. The first kappa shape index (κ1) is 22.6. The maximum atomic E-state index is 14.9. The quantitative estimate of drug-likeness (QED) is 0.582. The highest BCUT2D eigenvalue weighted by atomic mass is 19.1. The van der Waals surface area contributed by atoms with Crippen molar-refractivity contribution in [3.63, 3.8) is 0 Å². The maximum absolute atomic E-state index is 14.9. The van der Waals surface area contributed by atoms with Crippen molar-refractivity contribution in [1.82, 2.24) is 20.4 Å². The van der Waals surface area contributed by atoms with Crippen molar-refractivity contribution in [2.24, 2.45) is 5.92 Å². The number of carbonyl (C=O) groups excluding carboxylic acids is 2. The van der Waals surface area contributed by atoms with Crippen LogP contribution in [0.2, 0.25) is 0 Å². The average Bonchev–Trinajstić information content (AvgIpc) is 3.49. The predicted molar refractivity (Wildman–Crippen MR) is 120 cm³/mol. The van der Waals surface area contributed by atoms with E-state index in [9.17, 15) is 14.0 Å². The molecule has 33 heavy (non-hydrogen) atoms. The number of nitrogens with one attached hydrogen (secondary N) is 2. The first-order valence-corrected chi connectivity index (χ1v) is 10.8. The van der Waals surface area contributed by atoms with Gasteiger partial charge in [-0.1, -0.05) is 32.0 Å². The van der Waals surface area contributed by atoms with Gasteiger partial charge in [0.15, 0.2) is 0 Å². The number of aryl methyl sites for hydroxylation is 1. The number of halogens is 1. The van der Waals surface area contributed by atoms with Gasteiger partial charge in [-0.2, -0.15) is 4.98 Å². The molecule has 1 aliphatic carbocycles. The number of carbonyl (C=O) groups is 2. The Morgan fingerprint density at radius 1 is 1.21 bits per heavy atom. The van der Waals surface area contributed by atoms with Crippen LogP contribution < -0.4 is 10.6 Å². The van der Waals surface area contributed by atoms with Crippen LogP contribution in [0.5, 0.6) is 0 Å². The van der Waals surface area contributed by atoms with Crippen LogP contribution in [0.4, 0.5) is 10.2 Å². The van der Waals surface area contributed by atoms with Crippen molar-refractivity contribution in [3.05, 3.63) is 59.1 Å². The Bertz CT molecular complexity index is 1210. The van der Waals surface area contributed by atoms with E-state index in [0.29, 0.717) is 22.8 Å². The molecule has 1 fully saturated rings. The van der Waals surface area contributed by atoms with Crippen LogP contribution in [0.15, 0.2) is 35.0 Å². The molecule has 0 radical (unpaired) electrons. The number of amides is 2. The molecule has 0 aliphatic heterocycles. The number of benzene rings is 1. The molecule has 9 heteroatoms. The molecular formula is C24H26FN5O3. The van der Waals surface area contributed by atoms with E-state index in [4.69, 9.17) is 4.52 Å². The Morgan fingerprint density at radius 2 is 1.97 bits per heavy atom. The van der Waals surface area contributed by atoms with Gasteiger partial charge < -0.3 is 15.2 Å². The van der Waals surface area contributed by atoms with Crippen LogP contribution in [-0.2, 0) is 16.8 Å². The number of nitrogens with zero attached hydrogens (tertiary/aromatic N) is 3. The first-order valence-electron chi connectivity index (χ1n) is 10.8. The summed E-state index contributed by atoms with van der Waals surface area (Å²) in [4.78, 5) is 32.7. The molecule has 1 saturated carbocycles. The van der Waals surface area contributed by atoms with E-state index in [0.717, 1.165) is 24.0 Å². The molecule has 8 nitrogen and oxygen atoms in total. The fourth-order valence-electron chi connectivity index (χ4n) is 3.30. The summed E-state index contributed by atoms with van der Waals surface area (Å²) in [5.74, 6) is -0.271. The monoisotopic (exact) mass is 451 g/mol. The number of aromatic nitrogens is 3. The highest BCUT2D eigenvalue weighted by molar-refractivity contribution is 5.93. The van der Waals surface area contributed by atoms with E-state index in [2.05, 4.69) is 25.8 Å². The van der Waals surface area contributed by atoms with Crippen LogP contribution in [0.3, 0.4) is 0 Å².